The van der Waals surface area contributed by atoms with Crippen LogP contribution in [-0.2, 0) is 14.3 Å². The van der Waals surface area contributed by atoms with Crippen LogP contribution in [0.5, 0.6) is 11.5 Å². The largest absolute Gasteiger partial charge is 0.494 e. The van der Waals surface area contributed by atoms with Gasteiger partial charge in [-0.15, -0.1) is 0 Å². The van der Waals surface area contributed by atoms with Crippen LogP contribution in [0.25, 0.3) is 0 Å². The van der Waals surface area contributed by atoms with Crippen LogP contribution in [0, 0.1) is 16.7 Å². The summed E-state index contributed by atoms with van der Waals surface area (Å²) in [4.78, 5) is 25.5. The molecule has 3 N–H and O–H groups in total. The second kappa shape index (κ2) is 10.2. The lowest BCUT2D eigenvalue weighted by Crippen LogP contribution is -2.33. The number of anilines is 1. The van der Waals surface area contributed by atoms with Crippen LogP contribution in [0.15, 0.2) is 71.3 Å². The second-order valence-electron chi connectivity index (χ2n) is 9.57. The van der Waals surface area contributed by atoms with E-state index < -0.39 is 5.92 Å². The number of nitriles is 1. The van der Waals surface area contributed by atoms with E-state index in [4.69, 9.17) is 19.9 Å². The number of benzene rings is 2. The molecule has 8 heteroatoms. The fourth-order valence-corrected chi connectivity index (χ4v) is 4.55. The summed E-state index contributed by atoms with van der Waals surface area (Å²) in [7, 11) is 0. The highest BCUT2D eigenvalue weighted by molar-refractivity contribution is 6.00. The second-order valence-corrected chi connectivity index (χ2v) is 9.57. The number of carbonyl (C=O) groups is 2. The summed E-state index contributed by atoms with van der Waals surface area (Å²) >= 11 is 0. The van der Waals surface area contributed by atoms with E-state index in [1.165, 1.54) is 0 Å². The van der Waals surface area contributed by atoms with E-state index in [9.17, 15) is 14.9 Å². The van der Waals surface area contributed by atoms with E-state index >= 15 is 0 Å². The minimum atomic E-state index is -0.649. The van der Waals surface area contributed by atoms with Crippen molar-refractivity contribution in [3.8, 4) is 17.6 Å². The summed E-state index contributed by atoms with van der Waals surface area (Å²) in [6.07, 6.45) is 0.901. The average molecular weight is 488 g/mol. The van der Waals surface area contributed by atoms with Crippen molar-refractivity contribution in [3.05, 3.63) is 76.9 Å². The van der Waals surface area contributed by atoms with Crippen molar-refractivity contribution >= 4 is 17.4 Å². The number of ketones is 1. The normalized spacial score (nSPS) is 18.6. The number of amides is 1. The quantitative estimate of drug-likeness (QED) is 0.587. The number of allylic oxidation sites excluding steroid dienone is 3. The molecule has 0 bridgehead atoms. The molecule has 0 aromatic heterocycles. The van der Waals surface area contributed by atoms with Gasteiger partial charge >= 0.3 is 0 Å². The predicted molar refractivity (Wildman–Crippen MR) is 134 cm³/mol. The highest BCUT2D eigenvalue weighted by Gasteiger charge is 2.43. The zero-order valence-electron chi connectivity index (χ0n) is 20.6. The van der Waals surface area contributed by atoms with Gasteiger partial charge in [-0.1, -0.05) is 26.0 Å². The summed E-state index contributed by atoms with van der Waals surface area (Å²) in [5.74, 6) is 0.638. The highest BCUT2D eigenvalue weighted by atomic mass is 16.5. The molecule has 0 spiro atoms. The number of rotatable bonds is 7. The first-order valence-corrected chi connectivity index (χ1v) is 11.8. The maximum absolute atomic E-state index is 13.1. The van der Waals surface area contributed by atoms with Gasteiger partial charge in [-0.3, -0.25) is 9.59 Å². The first kappa shape index (κ1) is 24.9. The molecule has 186 valence electrons. The Hall–Kier alpha value is -4.25. The third kappa shape index (κ3) is 5.36. The molecular formula is C28H29N3O5. The monoisotopic (exact) mass is 487 g/mol. The summed E-state index contributed by atoms with van der Waals surface area (Å²) < 4.78 is 16.9. The van der Waals surface area contributed by atoms with Gasteiger partial charge in [-0.25, -0.2) is 0 Å². The zero-order chi connectivity index (χ0) is 25.9. The minimum absolute atomic E-state index is 0.00723. The Balaban J connectivity index is 1.51. The van der Waals surface area contributed by atoms with Gasteiger partial charge < -0.3 is 25.3 Å². The van der Waals surface area contributed by atoms with Crippen molar-refractivity contribution < 1.29 is 23.8 Å². The van der Waals surface area contributed by atoms with Crippen LogP contribution >= 0.6 is 0 Å². The van der Waals surface area contributed by atoms with Crippen molar-refractivity contribution in [2.24, 2.45) is 11.1 Å². The van der Waals surface area contributed by atoms with Gasteiger partial charge in [0.25, 0.3) is 5.91 Å². The van der Waals surface area contributed by atoms with Crippen LogP contribution in [0.3, 0.4) is 0 Å². The lowest BCUT2D eigenvalue weighted by molar-refractivity contribution is -0.119. The Bertz CT molecular complexity index is 1290. The third-order valence-corrected chi connectivity index (χ3v) is 6.09. The number of nitrogens with two attached hydrogens (primary N) is 1. The van der Waals surface area contributed by atoms with Crippen molar-refractivity contribution in [1.29, 1.82) is 5.26 Å². The number of ether oxygens (including phenoxy) is 3. The third-order valence-electron chi connectivity index (χ3n) is 6.09. The van der Waals surface area contributed by atoms with E-state index in [0.717, 1.165) is 5.75 Å². The van der Waals surface area contributed by atoms with Crippen LogP contribution in [0.1, 0.15) is 45.1 Å². The number of hydrogen-bond acceptors (Lipinski definition) is 7. The Morgan fingerprint density at radius 2 is 1.92 bits per heavy atom. The fraction of sp³-hybridized carbons (Fsp3) is 0.321. The molecular weight excluding hydrogens is 458 g/mol. The maximum Gasteiger partial charge on any atom is 0.262 e. The standard InChI is InChI=1S/C28H29N3O5/c1-4-34-19-10-8-18(9-11-19)31-24(33)16-35-20-7-5-6-17(12-20)25-21(15-29)27(30)36-23-14-28(2,3)13-22(32)26(23)25/h5-12,25H,4,13-14,16,30H2,1-3H3,(H,31,33). The molecule has 1 heterocycles. The van der Waals surface area contributed by atoms with Crippen molar-refractivity contribution in [3.63, 3.8) is 0 Å². The average Bonchev–Trinajstić information content (AvgIpc) is 2.83. The summed E-state index contributed by atoms with van der Waals surface area (Å²) in [6, 6.07) is 16.2. The summed E-state index contributed by atoms with van der Waals surface area (Å²) in [5, 5.41) is 12.6. The molecule has 0 fully saturated rings. The lowest BCUT2D eigenvalue weighted by atomic mass is 9.70. The molecule has 1 unspecified atom stereocenters. The van der Waals surface area contributed by atoms with Crippen LogP contribution in [-0.4, -0.2) is 24.9 Å². The number of nitrogens with one attached hydrogen (secondary N) is 1. The van der Waals surface area contributed by atoms with Gasteiger partial charge in [-0.2, -0.15) is 5.26 Å². The molecule has 36 heavy (non-hydrogen) atoms. The SMILES string of the molecule is CCOc1ccc(NC(=O)COc2cccc(C3C(C#N)=C(N)OC4=C3C(=O)CC(C)(C)C4)c2)cc1. The molecule has 1 aliphatic heterocycles. The summed E-state index contributed by atoms with van der Waals surface area (Å²) in [6.45, 7) is 6.25. The van der Waals surface area contributed by atoms with Crippen molar-refractivity contribution in [2.75, 3.05) is 18.5 Å². The molecule has 2 aromatic carbocycles. The molecule has 1 aliphatic carbocycles. The number of nitrogens with zero attached hydrogens (tertiary/aromatic N) is 1. The fourth-order valence-electron chi connectivity index (χ4n) is 4.55. The lowest BCUT2D eigenvalue weighted by Gasteiger charge is -2.37. The number of carbonyl (C=O) groups excluding carboxylic acids is 2. The van der Waals surface area contributed by atoms with Gasteiger partial charge in [0.2, 0.25) is 5.88 Å². The van der Waals surface area contributed by atoms with Gasteiger partial charge in [0.15, 0.2) is 12.4 Å². The van der Waals surface area contributed by atoms with E-state index in [-0.39, 0.29) is 35.2 Å². The van der Waals surface area contributed by atoms with Crippen LogP contribution in [0.4, 0.5) is 5.69 Å². The van der Waals surface area contributed by atoms with Gasteiger partial charge in [0.1, 0.15) is 28.9 Å². The number of hydrogen-bond donors (Lipinski definition) is 2. The molecule has 1 amide bonds. The molecule has 0 saturated carbocycles. The van der Waals surface area contributed by atoms with E-state index in [0.29, 0.717) is 47.8 Å². The maximum atomic E-state index is 13.1. The topological polar surface area (TPSA) is 124 Å². The molecule has 0 saturated heterocycles. The molecule has 0 radical (unpaired) electrons. The van der Waals surface area contributed by atoms with E-state index in [1.54, 1.807) is 42.5 Å². The molecule has 2 aromatic rings. The summed E-state index contributed by atoms with van der Waals surface area (Å²) in [5.41, 5.74) is 7.78. The molecule has 4 rings (SSSR count). The Kier molecular flexibility index (Phi) is 7.02. The first-order chi connectivity index (χ1) is 17.2. The van der Waals surface area contributed by atoms with Gasteiger partial charge in [0, 0.05) is 24.1 Å². The smallest absolute Gasteiger partial charge is 0.262 e. The highest BCUT2D eigenvalue weighted by Crippen LogP contribution is 2.48. The Morgan fingerprint density at radius 1 is 1.17 bits per heavy atom. The Morgan fingerprint density at radius 3 is 2.61 bits per heavy atom. The Labute approximate surface area is 210 Å². The zero-order valence-corrected chi connectivity index (χ0v) is 20.6. The predicted octanol–water partition coefficient (Wildman–Crippen LogP) is 4.55. The van der Waals surface area contributed by atoms with Gasteiger partial charge in [0.05, 0.1) is 12.5 Å². The van der Waals surface area contributed by atoms with Crippen molar-refractivity contribution in [1.82, 2.24) is 0 Å². The van der Waals surface area contributed by atoms with E-state index in [2.05, 4.69) is 11.4 Å². The molecule has 8 nitrogen and oxygen atoms in total. The van der Waals surface area contributed by atoms with Crippen LogP contribution < -0.4 is 20.5 Å². The van der Waals surface area contributed by atoms with Crippen LogP contribution in [0.2, 0.25) is 0 Å². The molecule has 1 atom stereocenters. The number of Topliss-reactive ketones (excluding diaryl/α,β-unsaturated/α-hetero) is 1. The van der Waals surface area contributed by atoms with Crippen molar-refractivity contribution in [2.45, 2.75) is 39.5 Å². The van der Waals surface area contributed by atoms with Gasteiger partial charge in [-0.05, 0) is 54.3 Å². The first-order valence-electron chi connectivity index (χ1n) is 11.8. The van der Waals surface area contributed by atoms with E-state index in [1.807, 2.05) is 26.8 Å². The molecule has 2 aliphatic rings. The minimum Gasteiger partial charge on any atom is -0.494 e.